The fourth-order valence-corrected chi connectivity index (χ4v) is 7.18. The third-order valence-corrected chi connectivity index (χ3v) is 8.26. The number of rotatable bonds is 8. The lowest BCUT2D eigenvalue weighted by Gasteiger charge is -2.57. The number of amides is 1. The van der Waals surface area contributed by atoms with Crippen molar-refractivity contribution in [1.82, 2.24) is 5.32 Å². The van der Waals surface area contributed by atoms with E-state index in [0.29, 0.717) is 18.8 Å². The van der Waals surface area contributed by atoms with Gasteiger partial charge in [0.1, 0.15) is 6.54 Å². The van der Waals surface area contributed by atoms with Gasteiger partial charge in [-0.1, -0.05) is 12.1 Å². The molecule has 5 rings (SSSR count). The molecule has 6 nitrogen and oxygen atoms in total. The Balaban J connectivity index is 1.51. The molecular formula is C22H32N2O4S. The Bertz CT molecular complexity index is 815. The standard InChI is InChI=1S/C22H32N2O4S/c1-28-8-7-23-21(25)15-24(29(2,26)27)20-5-3-19(4-6-20)22-12-16-9-17(13-22)11-18(10-16)14-22/h3-6,16-18H,7-15H2,1-2H3,(H,23,25). The van der Waals surface area contributed by atoms with E-state index < -0.39 is 10.0 Å². The molecule has 4 saturated carbocycles. The average molecular weight is 421 g/mol. The summed E-state index contributed by atoms with van der Waals surface area (Å²) < 4.78 is 30.7. The van der Waals surface area contributed by atoms with E-state index in [-0.39, 0.29) is 17.9 Å². The lowest BCUT2D eigenvalue weighted by Crippen LogP contribution is -2.48. The van der Waals surface area contributed by atoms with Crippen LogP contribution < -0.4 is 9.62 Å². The normalized spacial score (nSPS) is 30.3. The summed E-state index contributed by atoms with van der Waals surface area (Å²) in [5.41, 5.74) is 2.17. The van der Waals surface area contributed by atoms with Crippen molar-refractivity contribution < 1.29 is 17.9 Å². The number of anilines is 1. The molecule has 4 aliphatic carbocycles. The number of sulfonamides is 1. The zero-order chi connectivity index (χ0) is 20.6. The molecule has 1 aromatic carbocycles. The lowest BCUT2D eigenvalue weighted by atomic mass is 9.48. The molecule has 0 aromatic heterocycles. The number of methoxy groups -OCH3 is 1. The number of nitrogens with one attached hydrogen (secondary N) is 1. The summed E-state index contributed by atoms with van der Waals surface area (Å²) in [4.78, 5) is 12.2. The minimum Gasteiger partial charge on any atom is -0.383 e. The van der Waals surface area contributed by atoms with Gasteiger partial charge in [-0.2, -0.15) is 0 Å². The first-order valence-corrected chi connectivity index (χ1v) is 12.5. The van der Waals surface area contributed by atoms with E-state index in [2.05, 4.69) is 17.4 Å². The smallest absolute Gasteiger partial charge is 0.240 e. The predicted octanol–water partition coefficient (Wildman–Crippen LogP) is 2.68. The van der Waals surface area contributed by atoms with E-state index in [1.54, 1.807) is 7.11 Å². The van der Waals surface area contributed by atoms with E-state index >= 15 is 0 Å². The highest BCUT2D eigenvalue weighted by Crippen LogP contribution is 2.60. The summed E-state index contributed by atoms with van der Waals surface area (Å²) in [5.74, 6) is 2.26. The van der Waals surface area contributed by atoms with E-state index in [1.165, 1.54) is 48.4 Å². The van der Waals surface area contributed by atoms with Crippen LogP contribution in [0.4, 0.5) is 5.69 Å². The summed E-state index contributed by atoms with van der Waals surface area (Å²) in [6, 6.07) is 7.95. The highest BCUT2D eigenvalue weighted by atomic mass is 32.2. The van der Waals surface area contributed by atoms with Gasteiger partial charge in [-0.3, -0.25) is 9.10 Å². The number of ether oxygens (including phenoxy) is 1. The molecule has 0 spiro atoms. The van der Waals surface area contributed by atoms with Gasteiger partial charge < -0.3 is 10.1 Å². The molecule has 1 amide bonds. The first kappa shape index (κ1) is 20.7. The topological polar surface area (TPSA) is 75.7 Å². The highest BCUT2D eigenvalue weighted by molar-refractivity contribution is 7.92. The van der Waals surface area contributed by atoms with Gasteiger partial charge in [0.15, 0.2) is 0 Å². The van der Waals surface area contributed by atoms with E-state index in [0.717, 1.165) is 24.0 Å². The van der Waals surface area contributed by atoms with Gasteiger partial charge in [-0.25, -0.2) is 8.42 Å². The van der Waals surface area contributed by atoms with Gasteiger partial charge in [-0.05, 0) is 79.4 Å². The van der Waals surface area contributed by atoms with Crippen molar-refractivity contribution in [1.29, 1.82) is 0 Å². The summed E-state index contributed by atoms with van der Waals surface area (Å²) in [6.07, 6.45) is 9.16. The molecule has 0 aliphatic heterocycles. The number of carbonyl (C=O) groups is 1. The Morgan fingerprint density at radius 2 is 1.66 bits per heavy atom. The van der Waals surface area contributed by atoms with Crippen LogP contribution in [0.5, 0.6) is 0 Å². The van der Waals surface area contributed by atoms with Crippen LogP contribution in [0.2, 0.25) is 0 Å². The number of carbonyl (C=O) groups excluding carboxylic acids is 1. The maximum absolute atomic E-state index is 12.3. The lowest BCUT2D eigenvalue weighted by molar-refractivity contribution is -0.119. The highest BCUT2D eigenvalue weighted by Gasteiger charge is 2.51. The summed E-state index contributed by atoms with van der Waals surface area (Å²) in [5, 5.41) is 2.69. The molecular weight excluding hydrogens is 388 g/mol. The molecule has 4 bridgehead atoms. The molecule has 4 aliphatic rings. The molecule has 1 aromatic rings. The van der Waals surface area contributed by atoms with Crippen LogP contribution in [0.25, 0.3) is 0 Å². The van der Waals surface area contributed by atoms with E-state index in [4.69, 9.17) is 4.74 Å². The quantitative estimate of drug-likeness (QED) is 0.656. The molecule has 0 heterocycles. The van der Waals surface area contributed by atoms with Crippen molar-refractivity contribution >= 4 is 21.6 Å². The summed E-state index contributed by atoms with van der Waals surface area (Å²) in [6.45, 7) is 0.529. The van der Waals surface area contributed by atoms with Crippen LogP contribution in [0.1, 0.15) is 44.1 Å². The molecule has 0 unspecified atom stereocenters. The Labute approximate surface area is 174 Å². The molecule has 160 valence electrons. The minimum atomic E-state index is -3.56. The maximum Gasteiger partial charge on any atom is 0.240 e. The van der Waals surface area contributed by atoms with Crippen molar-refractivity contribution in [3.63, 3.8) is 0 Å². The Morgan fingerprint density at radius 3 is 2.14 bits per heavy atom. The third kappa shape index (κ3) is 4.31. The second-order valence-corrected chi connectivity index (χ2v) is 11.3. The number of hydrogen-bond acceptors (Lipinski definition) is 4. The second-order valence-electron chi connectivity index (χ2n) is 9.36. The van der Waals surface area contributed by atoms with Crippen molar-refractivity contribution in [2.45, 2.75) is 43.9 Å². The van der Waals surface area contributed by atoms with Gasteiger partial charge in [0.25, 0.3) is 0 Å². The monoisotopic (exact) mass is 420 g/mol. The van der Waals surface area contributed by atoms with Crippen LogP contribution >= 0.6 is 0 Å². The van der Waals surface area contributed by atoms with E-state index in [9.17, 15) is 13.2 Å². The maximum atomic E-state index is 12.3. The SMILES string of the molecule is COCCNC(=O)CN(c1ccc(C23CC4CC(CC(C4)C2)C3)cc1)S(C)(=O)=O. The van der Waals surface area contributed by atoms with Crippen LogP contribution in [0, 0.1) is 17.8 Å². The molecule has 4 fully saturated rings. The number of hydrogen-bond donors (Lipinski definition) is 1. The van der Waals surface area contributed by atoms with Gasteiger partial charge in [0.2, 0.25) is 15.9 Å². The Morgan fingerprint density at radius 1 is 1.10 bits per heavy atom. The van der Waals surface area contributed by atoms with Gasteiger partial charge >= 0.3 is 0 Å². The Hall–Kier alpha value is -1.60. The van der Waals surface area contributed by atoms with Crippen molar-refractivity contribution in [2.24, 2.45) is 17.8 Å². The molecule has 29 heavy (non-hydrogen) atoms. The Kier molecular flexibility index (Phi) is 5.64. The number of nitrogens with zero attached hydrogens (tertiary/aromatic N) is 1. The fraction of sp³-hybridized carbons (Fsp3) is 0.682. The minimum absolute atomic E-state index is 0.223. The van der Waals surface area contributed by atoms with E-state index in [1.807, 2.05) is 12.1 Å². The van der Waals surface area contributed by atoms with Crippen molar-refractivity contribution in [3.8, 4) is 0 Å². The summed E-state index contributed by atoms with van der Waals surface area (Å²) >= 11 is 0. The molecule has 0 saturated heterocycles. The molecule has 0 atom stereocenters. The van der Waals surface area contributed by atoms with Crippen LogP contribution in [0.3, 0.4) is 0 Å². The van der Waals surface area contributed by atoms with Gasteiger partial charge in [-0.15, -0.1) is 0 Å². The second kappa shape index (κ2) is 7.91. The van der Waals surface area contributed by atoms with Crippen LogP contribution in [-0.4, -0.2) is 47.4 Å². The first-order valence-electron chi connectivity index (χ1n) is 10.6. The molecule has 7 heteroatoms. The number of benzene rings is 1. The van der Waals surface area contributed by atoms with Crippen LogP contribution in [0.15, 0.2) is 24.3 Å². The predicted molar refractivity (Wildman–Crippen MR) is 113 cm³/mol. The fourth-order valence-electron chi connectivity index (χ4n) is 6.32. The zero-order valence-electron chi connectivity index (χ0n) is 17.4. The molecule has 1 N–H and O–H groups in total. The molecule has 0 radical (unpaired) electrons. The van der Waals surface area contributed by atoms with Gasteiger partial charge in [0.05, 0.1) is 18.6 Å². The van der Waals surface area contributed by atoms with Crippen molar-refractivity contribution in [3.05, 3.63) is 29.8 Å². The van der Waals surface area contributed by atoms with Crippen molar-refractivity contribution in [2.75, 3.05) is 37.4 Å². The van der Waals surface area contributed by atoms with Crippen LogP contribution in [-0.2, 0) is 25.0 Å². The van der Waals surface area contributed by atoms with Gasteiger partial charge in [0, 0.05) is 13.7 Å². The largest absolute Gasteiger partial charge is 0.383 e. The zero-order valence-corrected chi connectivity index (χ0v) is 18.2. The first-order chi connectivity index (χ1) is 13.8. The average Bonchev–Trinajstić information content (AvgIpc) is 2.64. The third-order valence-electron chi connectivity index (χ3n) is 7.12. The summed E-state index contributed by atoms with van der Waals surface area (Å²) in [7, 11) is -2.00.